The first-order valence-electron chi connectivity index (χ1n) is 8.06. The molecule has 1 saturated heterocycles. The van der Waals surface area contributed by atoms with Crippen LogP contribution in [0.5, 0.6) is 0 Å². The van der Waals surface area contributed by atoms with Gasteiger partial charge < -0.3 is 36.4 Å². The van der Waals surface area contributed by atoms with Crippen LogP contribution in [-0.2, 0) is 4.74 Å². The summed E-state index contributed by atoms with van der Waals surface area (Å²) in [6.07, 6.45) is -1.54. The van der Waals surface area contributed by atoms with Crippen LogP contribution >= 0.6 is 11.6 Å². The Balaban J connectivity index is 0.000000817. The van der Waals surface area contributed by atoms with Crippen molar-refractivity contribution < 1.29 is 24.9 Å². The van der Waals surface area contributed by atoms with E-state index in [1.54, 1.807) is 6.92 Å². The molecule has 0 saturated carbocycles. The summed E-state index contributed by atoms with van der Waals surface area (Å²) < 4.78 is 7.08. The van der Waals surface area contributed by atoms with Gasteiger partial charge in [-0.1, -0.05) is 0 Å². The first-order chi connectivity index (χ1) is 12.9. The number of nitrogen functional groups attached to an aromatic ring is 1. The lowest BCUT2D eigenvalue weighted by molar-refractivity contribution is -0.0489. The summed E-state index contributed by atoms with van der Waals surface area (Å²) in [5, 5.41) is 32.4. The highest BCUT2D eigenvalue weighted by Gasteiger charge is 2.45. The summed E-state index contributed by atoms with van der Waals surface area (Å²) in [5.74, 6) is 0.0926. The predicted octanol–water partition coefficient (Wildman–Crippen LogP) is -1.39. The third-order valence-corrected chi connectivity index (χ3v) is 3.94. The zero-order chi connectivity index (χ0) is 20.1. The number of fused-ring (bicyclic) bond motifs is 1. The highest BCUT2D eigenvalue weighted by Crippen LogP contribution is 2.32. The van der Waals surface area contributed by atoms with Gasteiger partial charge in [-0.05, 0) is 18.5 Å². The van der Waals surface area contributed by atoms with E-state index in [9.17, 15) is 15.0 Å². The van der Waals surface area contributed by atoms with E-state index in [2.05, 4.69) is 25.6 Å². The molecular weight excluding hydrogens is 382 g/mol. The number of anilines is 1. The standard InChI is InChI=1S/C12H16ClN7O4.C2H6O/c1-15-12(23)17-5-4(2-21)24-10(7(5)22)20-3-16-6-8(14)18-11(13)19-9(6)20;1-2-3/h3-5,7,10,21-22H,2H2,1H3,(H2,14,18,19)(H2,15,17,23);3H,2H2,1H3. The second kappa shape index (κ2) is 9.10. The van der Waals surface area contributed by atoms with Gasteiger partial charge in [0.05, 0.1) is 19.0 Å². The van der Waals surface area contributed by atoms with Crippen LogP contribution in [0.15, 0.2) is 6.33 Å². The molecule has 1 aliphatic rings. The second-order valence-corrected chi connectivity index (χ2v) is 5.84. The van der Waals surface area contributed by atoms with Crippen molar-refractivity contribution in [3.05, 3.63) is 11.6 Å². The van der Waals surface area contributed by atoms with Gasteiger partial charge in [0.1, 0.15) is 17.7 Å². The number of imidazole rings is 1. The van der Waals surface area contributed by atoms with Crippen LogP contribution in [0.1, 0.15) is 13.2 Å². The lowest BCUT2D eigenvalue weighted by Crippen LogP contribution is -2.50. The van der Waals surface area contributed by atoms with E-state index in [0.717, 1.165) is 0 Å². The maximum absolute atomic E-state index is 11.5. The third-order valence-electron chi connectivity index (χ3n) is 3.77. The number of urea groups is 1. The number of halogens is 1. The number of hydrogen-bond acceptors (Lipinski definition) is 9. The fourth-order valence-electron chi connectivity index (χ4n) is 2.63. The number of aliphatic hydroxyl groups excluding tert-OH is 3. The molecule has 12 nitrogen and oxygen atoms in total. The molecule has 3 rings (SSSR count). The minimum absolute atomic E-state index is 0.0759. The molecule has 0 aromatic carbocycles. The molecule has 0 aliphatic carbocycles. The number of carbonyl (C=O) groups is 1. The Morgan fingerprint density at radius 3 is 2.70 bits per heavy atom. The summed E-state index contributed by atoms with van der Waals surface area (Å²) in [7, 11) is 1.44. The van der Waals surface area contributed by atoms with E-state index in [1.807, 2.05) is 0 Å². The molecule has 7 N–H and O–H groups in total. The van der Waals surface area contributed by atoms with Crippen molar-refractivity contribution in [2.45, 2.75) is 31.4 Å². The van der Waals surface area contributed by atoms with Crippen molar-refractivity contribution in [3.63, 3.8) is 0 Å². The molecule has 2 aromatic heterocycles. The maximum atomic E-state index is 11.5. The Bertz CT molecular complexity index is 789. The quantitative estimate of drug-likeness (QED) is 0.336. The lowest BCUT2D eigenvalue weighted by Gasteiger charge is -2.20. The first kappa shape index (κ1) is 21.1. The van der Waals surface area contributed by atoms with E-state index in [4.69, 9.17) is 27.2 Å². The summed E-state index contributed by atoms with van der Waals surface area (Å²) in [4.78, 5) is 23.5. The number of rotatable bonds is 3. The van der Waals surface area contributed by atoms with Crippen LogP contribution in [0, 0.1) is 0 Å². The molecule has 150 valence electrons. The van der Waals surface area contributed by atoms with Gasteiger partial charge >= 0.3 is 6.03 Å². The number of nitrogens with two attached hydrogens (primary N) is 1. The van der Waals surface area contributed by atoms with Crippen molar-refractivity contribution in [1.29, 1.82) is 0 Å². The lowest BCUT2D eigenvalue weighted by atomic mass is 10.1. The molecule has 2 amide bonds. The highest BCUT2D eigenvalue weighted by molar-refractivity contribution is 6.28. The molecule has 0 radical (unpaired) electrons. The number of carbonyl (C=O) groups excluding carboxylic acids is 1. The topological polar surface area (TPSA) is 181 Å². The average molecular weight is 404 g/mol. The highest BCUT2D eigenvalue weighted by atomic mass is 35.5. The Morgan fingerprint density at radius 2 is 2.11 bits per heavy atom. The Hall–Kier alpha value is -2.25. The Kier molecular flexibility index (Phi) is 7.10. The molecule has 0 bridgehead atoms. The molecule has 27 heavy (non-hydrogen) atoms. The van der Waals surface area contributed by atoms with Gasteiger partial charge in [-0.25, -0.2) is 9.78 Å². The summed E-state index contributed by atoms with van der Waals surface area (Å²) >= 11 is 5.82. The van der Waals surface area contributed by atoms with Crippen LogP contribution in [0.3, 0.4) is 0 Å². The van der Waals surface area contributed by atoms with Crippen molar-refractivity contribution >= 4 is 34.6 Å². The Morgan fingerprint density at radius 1 is 1.44 bits per heavy atom. The van der Waals surface area contributed by atoms with Gasteiger partial charge in [0, 0.05) is 13.7 Å². The van der Waals surface area contributed by atoms with Gasteiger partial charge in [0.2, 0.25) is 5.28 Å². The van der Waals surface area contributed by atoms with E-state index < -0.39 is 37.1 Å². The van der Waals surface area contributed by atoms with E-state index in [-0.39, 0.29) is 23.4 Å². The molecule has 13 heteroatoms. The molecule has 2 aromatic rings. The summed E-state index contributed by atoms with van der Waals surface area (Å²) in [6.45, 7) is 1.53. The van der Waals surface area contributed by atoms with Gasteiger partial charge in [-0.3, -0.25) is 4.57 Å². The smallest absolute Gasteiger partial charge is 0.314 e. The van der Waals surface area contributed by atoms with Crippen molar-refractivity contribution in [1.82, 2.24) is 30.2 Å². The van der Waals surface area contributed by atoms with Crippen molar-refractivity contribution in [2.24, 2.45) is 0 Å². The zero-order valence-electron chi connectivity index (χ0n) is 14.7. The number of hydrogen-bond donors (Lipinski definition) is 6. The van der Waals surface area contributed by atoms with Crippen LogP contribution in [0.2, 0.25) is 5.28 Å². The number of ether oxygens (including phenoxy) is 1. The fourth-order valence-corrected chi connectivity index (χ4v) is 2.80. The van der Waals surface area contributed by atoms with Gasteiger partial charge in [-0.2, -0.15) is 9.97 Å². The van der Waals surface area contributed by atoms with Crippen LogP contribution < -0.4 is 16.4 Å². The molecule has 1 aliphatic heterocycles. The molecule has 3 heterocycles. The summed E-state index contributed by atoms with van der Waals surface area (Å²) in [6, 6.07) is -1.33. The third kappa shape index (κ3) is 4.36. The van der Waals surface area contributed by atoms with Gasteiger partial charge in [-0.15, -0.1) is 0 Å². The Labute approximate surface area is 159 Å². The number of aromatic nitrogens is 4. The van der Waals surface area contributed by atoms with Crippen molar-refractivity contribution in [2.75, 3.05) is 26.0 Å². The molecule has 4 atom stereocenters. The normalized spacial score (nSPS) is 24.4. The van der Waals surface area contributed by atoms with Crippen LogP contribution in [0.4, 0.5) is 10.6 Å². The van der Waals surface area contributed by atoms with E-state index in [0.29, 0.717) is 5.52 Å². The first-order valence-corrected chi connectivity index (χ1v) is 8.44. The average Bonchev–Trinajstić information content (AvgIpc) is 3.17. The van der Waals surface area contributed by atoms with Crippen molar-refractivity contribution in [3.8, 4) is 0 Å². The monoisotopic (exact) mass is 403 g/mol. The minimum atomic E-state index is -1.16. The number of nitrogens with one attached hydrogen (secondary N) is 2. The zero-order valence-corrected chi connectivity index (χ0v) is 15.5. The second-order valence-electron chi connectivity index (χ2n) is 5.51. The number of aliphatic hydroxyl groups is 3. The molecule has 4 unspecified atom stereocenters. The largest absolute Gasteiger partial charge is 0.397 e. The SMILES string of the molecule is CCO.CNC(=O)NC1C(CO)OC(n2cnc3c(N)nc(Cl)nc32)C1O. The molecular formula is C14H22ClN7O5. The van der Waals surface area contributed by atoms with E-state index in [1.165, 1.54) is 17.9 Å². The minimum Gasteiger partial charge on any atom is -0.397 e. The molecule has 0 spiro atoms. The van der Waals surface area contributed by atoms with E-state index >= 15 is 0 Å². The maximum Gasteiger partial charge on any atom is 0.314 e. The molecule has 1 fully saturated rings. The van der Waals surface area contributed by atoms with Crippen LogP contribution in [0.25, 0.3) is 11.2 Å². The summed E-state index contributed by atoms with van der Waals surface area (Å²) in [5.41, 5.74) is 6.32. The number of nitrogens with zero attached hydrogens (tertiary/aromatic N) is 4. The fraction of sp³-hybridized carbons (Fsp3) is 0.571. The van der Waals surface area contributed by atoms with Crippen LogP contribution in [-0.4, -0.2) is 79.4 Å². The van der Waals surface area contributed by atoms with Gasteiger partial charge in [0.15, 0.2) is 17.7 Å². The van der Waals surface area contributed by atoms with Gasteiger partial charge in [0.25, 0.3) is 0 Å². The number of amides is 2. The predicted molar refractivity (Wildman–Crippen MR) is 95.9 cm³/mol.